The van der Waals surface area contributed by atoms with E-state index in [1.165, 1.54) is 6.07 Å². The summed E-state index contributed by atoms with van der Waals surface area (Å²) < 4.78 is 15.3. The molecule has 0 amide bonds. The summed E-state index contributed by atoms with van der Waals surface area (Å²) in [6.07, 6.45) is 1.84. The second kappa shape index (κ2) is 5.31. The fraction of sp³-hybridized carbons (Fsp3) is 0.357. The lowest BCUT2D eigenvalue weighted by atomic mass is 10.1. The summed E-state index contributed by atoms with van der Waals surface area (Å²) in [7, 11) is 1.89. The van der Waals surface area contributed by atoms with E-state index < -0.39 is 0 Å². The Morgan fingerprint density at radius 3 is 2.78 bits per heavy atom. The summed E-state index contributed by atoms with van der Waals surface area (Å²) in [4.78, 5) is 0. The maximum atomic E-state index is 13.4. The van der Waals surface area contributed by atoms with Crippen LogP contribution >= 0.6 is 0 Å². The first-order valence-electron chi connectivity index (χ1n) is 6.10. The highest BCUT2D eigenvalue weighted by atomic mass is 19.1. The van der Waals surface area contributed by atoms with Crippen LogP contribution in [0.1, 0.15) is 25.5 Å². The highest BCUT2D eigenvalue weighted by Crippen LogP contribution is 2.26. The molecule has 0 saturated carbocycles. The standard InChI is InChI=1S/C14H18FN3/c1-10(2)18-14(12(8-16-3)9-17-18)11-5-4-6-13(15)7-11/h4-7,9-10,16H,8H2,1-3H3. The molecule has 4 heteroatoms. The fourth-order valence-corrected chi connectivity index (χ4v) is 2.06. The summed E-state index contributed by atoms with van der Waals surface area (Å²) in [5, 5.41) is 7.51. The Labute approximate surface area is 107 Å². The van der Waals surface area contributed by atoms with E-state index in [4.69, 9.17) is 0 Å². The number of hydrogen-bond acceptors (Lipinski definition) is 2. The van der Waals surface area contributed by atoms with Gasteiger partial charge in [-0.15, -0.1) is 0 Å². The highest BCUT2D eigenvalue weighted by molar-refractivity contribution is 5.63. The molecule has 3 nitrogen and oxygen atoms in total. The Bertz CT molecular complexity index is 532. The summed E-state index contributed by atoms with van der Waals surface area (Å²) in [5.74, 6) is -0.223. The predicted octanol–water partition coefficient (Wildman–Crippen LogP) is 2.99. The summed E-state index contributed by atoms with van der Waals surface area (Å²) in [6, 6.07) is 6.89. The van der Waals surface area contributed by atoms with E-state index >= 15 is 0 Å². The second-order valence-electron chi connectivity index (χ2n) is 4.60. The predicted molar refractivity (Wildman–Crippen MR) is 70.8 cm³/mol. The monoisotopic (exact) mass is 247 g/mol. The fourth-order valence-electron chi connectivity index (χ4n) is 2.06. The molecule has 0 aliphatic rings. The Hall–Kier alpha value is -1.68. The first-order chi connectivity index (χ1) is 8.63. The molecule has 0 aliphatic carbocycles. The second-order valence-corrected chi connectivity index (χ2v) is 4.60. The molecule has 1 aromatic heterocycles. The van der Waals surface area contributed by atoms with Gasteiger partial charge in [-0.1, -0.05) is 12.1 Å². The van der Waals surface area contributed by atoms with Gasteiger partial charge in [0.05, 0.1) is 11.9 Å². The lowest BCUT2D eigenvalue weighted by molar-refractivity contribution is 0.537. The van der Waals surface area contributed by atoms with Gasteiger partial charge in [-0.2, -0.15) is 5.10 Å². The molecule has 0 bridgehead atoms. The van der Waals surface area contributed by atoms with Crippen LogP contribution in [0.5, 0.6) is 0 Å². The largest absolute Gasteiger partial charge is 0.316 e. The van der Waals surface area contributed by atoms with Crippen molar-refractivity contribution in [1.82, 2.24) is 15.1 Å². The van der Waals surface area contributed by atoms with Crippen molar-refractivity contribution in [3.63, 3.8) is 0 Å². The lowest BCUT2D eigenvalue weighted by Gasteiger charge is -2.13. The third kappa shape index (κ3) is 2.43. The van der Waals surface area contributed by atoms with E-state index in [1.807, 2.05) is 24.0 Å². The van der Waals surface area contributed by atoms with Crippen LogP contribution in [0.3, 0.4) is 0 Å². The topological polar surface area (TPSA) is 29.9 Å². The zero-order valence-electron chi connectivity index (χ0n) is 10.9. The third-order valence-electron chi connectivity index (χ3n) is 2.83. The molecule has 18 heavy (non-hydrogen) atoms. The number of rotatable bonds is 4. The Balaban J connectivity index is 2.55. The molecule has 0 aliphatic heterocycles. The summed E-state index contributed by atoms with van der Waals surface area (Å²) in [5.41, 5.74) is 2.93. The molecule has 1 heterocycles. The molecular formula is C14H18FN3. The lowest BCUT2D eigenvalue weighted by Crippen LogP contribution is -2.09. The van der Waals surface area contributed by atoms with Gasteiger partial charge in [-0.25, -0.2) is 4.39 Å². The van der Waals surface area contributed by atoms with Gasteiger partial charge >= 0.3 is 0 Å². The number of aromatic nitrogens is 2. The van der Waals surface area contributed by atoms with Gasteiger partial charge in [0.1, 0.15) is 5.82 Å². The minimum absolute atomic E-state index is 0.223. The van der Waals surface area contributed by atoms with Gasteiger partial charge in [0.15, 0.2) is 0 Å². The minimum Gasteiger partial charge on any atom is -0.316 e. The zero-order valence-corrected chi connectivity index (χ0v) is 10.9. The zero-order chi connectivity index (χ0) is 13.1. The Morgan fingerprint density at radius 2 is 2.17 bits per heavy atom. The number of halogens is 1. The van der Waals surface area contributed by atoms with Crippen molar-refractivity contribution in [2.75, 3.05) is 7.05 Å². The average molecular weight is 247 g/mol. The van der Waals surface area contributed by atoms with Crippen molar-refractivity contribution in [2.45, 2.75) is 26.4 Å². The molecule has 96 valence electrons. The number of nitrogens with one attached hydrogen (secondary N) is 1. The van der Waals surface area contributed by atoms with Crippen LogP contribution in [0.15, 0.2) is 30.5 Å². The first kappa shape index (κ1) is 12.8. The van der Waals surface area contributed by atoms with Crippen molar-refractivity contribution >= 4 is 0 Å². The van der Waals surface area contributed by atoms with Crippen LogP contribution in [0, 0.1) is 5.82 Å². The van der Waals surface area contributed by atoms with Crippen molar-refractivity contribution in [2.24, 2.45) is 0 Å². The number of hydrogen-bond donors (Lipinski definition) is 1. The molecule has 0 saturated heterocycles. The van der Waals surface area contributed by atoms with E-state index in [-0.39, 0.29) is 11.9 Å². The number of benzene rings is 1. The van der Waals surface area contributed by atoms with E-state index in [9.17, 15) is 4.39 Å². The van der Waals surface area contributed by atoms with Crippen LogP contribution in [0.2, 0.25) is 0 Å². The molecule has 0 spiro atoms. The molecule has 1 aromatic carbocycles. The van der Waals surface area contributed by atoms with Crippen molar-refractivity contribution in [3.05, 3.63) is 41.8 Å². The van der Waals surface area contributed by atoms with Crippen LogP contribution in [0.25, 0.3) is 11.3 Å². The van der Waals surface area contributed by atoms with E-state index in [0.29, 0.717) is 0 Å². The van der Waals surface area contributed by atoms with E-state index in [0.717, 1.165) is 23.4 Å². The van der Waals surface area contributed by atoms with Crippen LogP contribution < -0.4 is 5.32 Å². The van der Waals surface area contributed by atoms with Crippen molar-refractivity contribution < 1.29 is 4.39 Å². The maximum absolute atomic E-state index is 13.4. The van der Waals surface area contributed by atoms with Crippen LogP contribution in [0.4, 0.5) is 4.39 Å². The smallest absolute Gasteiger partial charge is 0.123 e. The molecule has 0 atom stereocenters. The first-order valence-corrected chi connectivity index (χ1v) is 6.10. The van der Waals surface area contributed by atoms with Crippen LogP contribution in [-0.2, 0) is 6.54 Å². The van der Waals surface area contributed by atoms with Gasteiger partial charge in [0, 0.05) is 23.7 Å². The number of nitrogens with zero attached hydrogens (tertiary/aromatic N) is 2. The van der Waals surface area contributed by atoms with Crippen LogP contribution in [-0.4, -0.2) is 16.8 Å². The van der Waals surface area contributed by atoms with Crippen molar-refractivity contribution in [1.29, 1.82) is 0 Å². The quantitative estimate of drug-likeness (QED) is 0.900. The van der Waals surface area contributed by atoms with Gasteiger partial charge in [0.25, 0.3) is 0 Å². The molecule has 2 aromatic rings. The van der Waals surface area contributed by atoms with E-state index in [2.05, 4.69) is 24.3 Å². The van der Waals surface area contributed by atoms with Crippen molar-refractivity contribution in [3.8, 4) is 11.3 Å². The maximum Gasteiger partial charge on any atom is 0.123 e. The van der Waals surface area contributed by atoms with Gasteiger partial charge in [-0.3, -0.25) is 4.68 Å². The molecule has 2 rings (SSSR count). The minimum atomic E-state index is -0.223. The summed E-state index contributed by atoms with van der Waals surface area (Å²) >= 11 is 0. The highest BCUT2D eigenvalue weighted by Gasteiger charge is 2.14. The SMILES string of the molecule is CNCc1cnn(C(C)C)c1-c1cccc(F)c1. The normalized spacial score (nSPS) is 11.2. The van der Waals surface area contributed by atoms with Gasteiger partial charge in [-0.05, 0) is 33.0 Å². The molecule has 1 N–H and O–H groups in total. The molecular weight excluding hydrogens is 229 g/mol. The molecule has 0 radical (unpaired) electrons. The molecule has 0 fully saturated rings. The Morgan fingerprint density at radius 1 is 1.39 bits per heavy atom. The van der Waals surface area contributed by atoms with Gasteiger partial charge in [0.2, 0.25) is 0 Å². The van der Waals surface area contributed by atoms with Gasteiger partial charge < -0.3 is 5.32 Å². The van der Waals surface area contributed by atoms with E-state index in [1.54, 1.807) is 12.1 Å². The summed E-state index contributed by atoms with van der Waals surface area (Å²) in [6.45, 7) is 4.86. The average Bonchev–Trinajstić information content (AvgIpc) is 2.73. The third-order valence-corrected chi connectivity index (χ3v) is 2.83. The molecule has 0 unspecified atom stereocenters. The Kier molecular flexibility index (Phi) is 3.77.